The molecule has 1 aliphatic rings. The van der Waals surface area contributed by atoms with Crippen LogP contribution in [0.25, 0.3) is 11.0 Å². The van der Waals surface area contributed by atoms with E-state index in [1.165, 1.54) is 0 Å². The summed E-state index contributed by atoms with van der Waals surface area (Å²) in [4.78, 5) is 9.49. The van der Waals surface area contributed by atoms with Crippen molar-refractivity contribution in [3.8, 4) is 5.75 Å². The molecule has 5 heteroatoms. The van der Waals surface area contributed by atoms with Crippen LogP contribution in [0.5, 0.6) is 5.75 Å². The highest BCUT2D eigenvalue weighted by Crippen LogP contribution is 2.35. The van der Waals surface area contributed by atoms with Gasteiger partial charge in [-0.15, -0.1) is 0 Å². The Morgan fingerprint density at radius 3 is 2.88 bits per heavy atom. The molecule has 0 saturated carbocycles. The maximum absolute atomic E-state index is 10.4. The molecule has 1 aromatic heterocycles. The standard InChI is InChI=1S/C21H24BrN3O/c1-3-13(2)9-11-16(23)19-18(14-7-5-4-6-8-14)25-20-17(24-19)12-10-15(22)21(20)26/h4-5,9-14,23,26H,3,6-8H2,1-2H3/b11-9-,23-16?. The zero-order chi connectivity index (χ0) is 18.7. The molecule has 0 amide bonds. The van der Waals surface area contributed by atoms with E-state index in [0.29, 0.717) is 32.8 Å². The van der Waals surface area contributed by atoms with Gasteiger partial charge in [-0.25, -0.2) is 9.97 Å². The monoisotopic (exact) mass is 413 g/mol. The second-order valence-electron chi connectivity index (χ2n) is 6.86. The highest BCUT2D eigenvalue weighted by Gasteiger charge is 2.22. The number of phenolic OH excluding ortho intramolecular Hbond substituents is 1. The van der Waals surface area contributed by atoms with Crippen LogP contribution in [-0.2, 0) is 0 Å². The molecule has 136 valence electrons. The molecule has 26 heavy (non-hydrogen) atoms. The number of hydrogen-bond donors (Lipinski definition) is 2. The van der Waals surface area contributed by atoms with Crippen LogP contribution in [0.3, 0.4) is 0 Å². The van der Waals surface area contributed by atoms with Gasteiger partial charge in [0.15, 0.2) is 5.75 Å². The van der Waals surface area contributed by atoms with Gasteiger partial charge in [-0.1, -0.05) is 38.5 Å². The van der Waals surface area contributed by atoms with Crippen LogP contribution in [-0.4, -0.2) is 20.8 Å². The van der Waals surface area contributed by atoms with Gasteiger partial charge in [0.25, 0.3) is 0 Å². The van der Waals surface area contributed by atoms with E-state index in [9.17, 15) is 5.11 Å². The SMILES string of the molecule is CCC(C)/C=C\C(=N)c1nc2ccc(Br)c(O)c2nc1C1CC=CCC1. The number of phenols is 1. The van der Waals surface area contributed by atoms with Crippen molar-refractivity contribution in [2.75, 3.05) is 0 Å². The zero-order valence-electron chi connectivity index (χ0n) is 15.2. The van der Waals surface area contributed by atoms with Crippen LogP contribution in [0.15, 0.2) is 40.9 Å². The lowest BCUT2D eigenvalue weighted by Gasteiger charge is -2.20. The summed E-state index contributed by atoms with van der Waals surface area (Å²) in [7, 11) is 0. The Morgan fingerprint density at radius 1 is 1.38 bits per heavy atom. The Bertz CT molecular complexity index is 888. The number of aromatic hydroxyl groups is 1. The summed E-state index contributed by atoms with van der Waals surface area (Å²) >= 11 is 3.35. The molecule has 0 radical (unpaired) electrons. The summed E-state index contributed by atoms with van der Waals surface area (Å²) in [5.74, 6) is 0.753. The van der Waals surface area contributed by atoms with Crippen molar-refractivity contribution in [2.45, 2.75) is 45.4 Å². The largest absolute Gasteiger partial charge is 0.504 e. The van der Waals surface area contributed by atoms with Gasteiger partial charge >= 0.3 is 0 Å². The van der Waals surface area contributed by atoms with Crippen molar-refractivity contribution in [1.29, 1.82) is 5.41 Å². The average molecular weight is 414 g/mol. The highest BCUT2D eigenvalue weighted by atomic mass is 79.9. The number of nitrogens with one attached hydrogen (secondary N) is 1. The number of nitrogens with zero attached hydrogens (tertiary/aromatic N) is 2. The molecule has 0 saturated heterocycles. The third kappa shape index (κ3) is 3.88. The summed E-state index contributed by atoms with van der Waals surface area (Å²) in [6.07, 6.45) is 12.2. The number of hydrogen-bond acceptors (Lipinski definition) is 4. The molecule has 0 aliphatic heterocycles. The fourth-order valence-electron chi connectivity index (χ4n) is 3.10. The first-order valence-electron chi connectivity index (χ1n) is 9.12. The Hall–Kier alpha value is -2.01. The van der Waals surface area contributed by atoms with Crippen LogP contribution in [0.2, 0.25) is 0 Å². The normalized spacial score (nSPS) is 18.5. The fourth-order valence-corrected chi connectivity index (χ4v) is 3.42. The minimum atomic E-state index is 0.107. The topological polar surface area (TPSA) is 69.9 Å². The lowest BCUT2D eigenvalue weighted by atomic mass is 9.89. The Labute approximate surface area is 162 Å². The molecule has 0 spiro atoms. The summed E-state index contributed by atoms with van der Waals surface area (Å²) in [5.41, 5.74) is 2.92. The molecular weight excluding hydrogens is 390 g/mol. The van der Waals surface area contributed by atoms with E-state index in [-0.39, 0.29) is 11.7 Å². The van der Waals surface area contributed by atoms with Crippen LogP contribution >= 0.6 is 15.9 Å². The van der Waals surface area contributed by atoms with Crippen molar-refractivity contribution >= 4 is 32.7 Å². The molecule has 1 aliphatic carbocycles. The predicted molar refractivity (Wildman–Crippen MR) is 110 cm³/mol. The molecule has 3 rings (SSSR count). The first-order chi connectivity index (χ1) is 12.5. The first kappa shape index (κ1) is 18.8. The van der Waals surface area contributed by atoms with Gasteiger partial charge < -0.3 is 5.11 Å². The summed E-state index contributed by atoms with van der Waals surface area (Å²) in [5, 5.41) is 18.9. The van der Waals surface area contributed by atoms with Crippen molar-refractivity contribution in [3.63, 3.8) is 0 Å². The third-order valence-electron chi connectivity index (χ3n) is 4.93. The van der Waals surface area contributed by atoms with Crippen molar-refractivity contribution in [2.24, 2.45) is 5.92 Å². The molecule has 2 unspecified atom stereocenters. The summed E-state index contributed by atoms with van der Waals surface area (Å²) in [6, 6.07) is 3.59. The number of rotatable bonds is 5. The van der Waals surface area contributed by atoms with E-state index in [1.807, 2.05) is 12.1 Å². The van der Waals surface area contributed by atoms with Crippen molar-refractivity contribution in [3.05, 3.63) is 52.3 Å². The number of benzene rings is 1. The number of halogens is 1. The number of allylic oxidation sites excluding steroid dienone is 4. The van der Waals surface area contributed by atoms with E-state index in [4.69, 9.17) is 15.4 Å². The second kappa shape index (κ2) is 8.12. The molecule has 1 heterocycles. The molecule has 2 aromatic rings. The smallest absolute Gasteiger partial charge is 0.157 e. The molecular formula is C21H24BrN3O. The molecule has 0 bridgehead atoms. The maximum atomic E-state index is 10.4. The van der Waals surface area contributed by atoms with Gasteiger partial charge in [0, 0.05) is 5.92 Å². The fraction of sp³-hybridized carbons (Fsp3) is 0.381. The van der Waals surface area contributed by atoms with E-state index in [2.05, 4.69) is 48.0 Å². The quantitative estimate of drug-likeness (QED) is 0.473. The lowest BCUT2D eigenvalue weighted by Crippen LogP contribution is -2.13. The van der Waals surface area contributed by atoms with Gasteiger partial charge in [-0.3, -0.25) is 5.41 Å². The Kier molecular flexibility index (Phi) is 5.87. The van der Waals surface area contributed by atoms with Gasteiger partial charge in [0.2, 0.25) is 0 Å². The van der Waals surface area contributed by atoms with Gasteiger partial charge in [-0.05, 0) is 59.3 Å². The molecule has 4 nitrogen and oxygen atoms in total. The number of fused-ring (bicyclic) bond motifs is 1. The molecule has 0 fully saturated rings. The highest BCUT2D eigenvalue weighted by molar-refractivity contribution is 9.10. The molecule has 2 N–H and O–H groups in total. The second-order valence-corrected chi connectivity index (χ2v) is 7.72. The van der Waals surface area contributed by atoms with Crippen LogP contribution in [0, 0.1) is 11.3 Å². The van der Waals surface area contributed by atoms with Gasteiger partial charge in [0.1, 0.15) is 11.2 Å². The van der Waals surface area contributed by atoms with Gasteiger partial charge in [-0.2, -0.15) is 0 Å². The van der Waals surface area contributed by atoms with Crippen LogP contribution in [0.4, 0.5) is 0 Å². The van der Waals surface area contributed by atoms with Crippen molar-refractivity contribution < 1.29 is 5.11 Å². The Morgan fingerprint density at radius 2 is 2.19 bits per heavy atom. The van der Waals surface area contributed by atoms with Crippen LogP contribution in [0.1, 0.15) is 56.8 Å². The predicted octanol–water partition coefficient (Wildman–Crippen LogP) is 5.89. The zero-order valence-corrected chi connectivity index (χ0v) is 16.8. The van der Waals surface area contributed by atoms with E-state index >= 15 is 0 Å². The van der Waals surface area contributed by atoms with Crippen molar-refractivity contribution in [1.82, 2.24) is 9.97 Å². The first-order valence-corrected chi connectivity index (χ1v) is 9.91. The Balaban J connectivity index is 2.12. The maximum Gasteiger partial charge on any atom is 0.157 e. The van der Waals surface area contributed by atoms with E-state index in [0.717, 1.165) is 31.4 Å². The van der Waals surface area contributed by atoms with Gasteiger partial charge in [0.05, 0.1) is 21.4 Å². The molecule has 2 atom stereocenters. The van der Waals surface area contributed by atoms with Crippen LogP contribution < -0.4 is 0 Å². The van der Waals surface area contributed by atoms with E-state index < -0.39 is 0 Å². The lowest BCUT2D eigenvalue weighted by molar-refractivity contribution is 0.476. The minimum Gasteiger partial charge on any atom is -0.504 e. The molecule has 1 aromatic carbocycles. The minimum absolute atomic E-state index is 0.107. The summed E-state index contributed by atoms with van der Waals surface area (Å²) < 4.78 is 0.605. The third-order valence-corrected chi connectivity index (χ3v) is 5.57. The summed E-state index contributed by atoms with van der Waals surface area (Å²) in [6.45, 7) is 4.27. The average Bonchev–Trinajstić information content (AvgIpc) is 2.68. The number of aromatic nitrogens is 2. The van der Waals surface area contributed by atoms with E-state index in [1.54, 1.807) is 6.07 Å².